The monoisotopic (exact) mass is 537 g/mol. The minimum atomic E-state index is -0.813. The van der Waals surface area contributed by atoms with Gasteiger partial charge in [0.15, 0.2) is 11.5 Å². The third-order valence-electron chi connectivity index (χ3n) is 7.82. The molecule has 1 saturated carbocycles. The Labute approximate surface area is 226 Å². The van der Waals surface area contributed by atoms with Gasteiger partial charge in [-0.05, 0) is 50.5 Å². The predicted molar refractivity (Wildman–Crippen MR) is 140 cm³/mol. The molecule has 1 saturated heterocycles. The standard InChI is InChI=1S/C29H33F2N5O3/c1-18(24-9-5-6-13-32-24)33-28(37)22-17-36(20-7-3-2-4-8-20)14-12-25(22)34-29(38)26-16-27(39-35-26)21-11-10-19(30)15-23(21)31/h5-6,9-11,13,15-16,18,20,22,25H,2-4,7-8,12,14,17H2,1H3,(H,33,37)(H,34,38)/t18-,22+,25-/m0/s1. The molecule has 10 heteroatoms. The first kappa shape index (κ1) is 26.9. The van der Waals surface area contributed by atoms with Gasteiger partial charge < -0.3 is 15.2 Å². The van der Waals surface area contributed by atoms with Gasteiger partial charge in [-0.2, -0.15) is 0 Å². The average Bonchev–Trinajstić information content (AvgIpc) is 3.44. The highest BCUT2D eigenvalue weighted by atomic mass is 19.1. The van der Waals surface area contributed by atoms with Gasteiger partial charge >= 0.3 is 0 Å². The number of piperidine rings is 1. The number of nitrogens with one attached hydrogen (secondary N) is 2. The highest BCUT2D eigenvalue weighted by molar-refractivity contribution is 5.94. The molecule has 3 atom stereocenters. The van der Waals surface area contributed by atoms with Gasteiger partial charge in [-0.1, -0.05) is 30.5 Å². The Balaban J connectivity index is 1.31. The molecule has 0 unspecified atom stereocenters. The number of carbonyl (C=O) groups excluding carboxylic acids is 2. The van der Waals surface area contributed by atoms with E-state index in [-0.39, 0.29) is 29.0 Å². The molecule has 2 amide bonds. The highest BCUT2D eigenvalue weighted by Crippen LogP contribution is 2.29. The Hall–Kier alpha value is -3.66. The summed E-state index contributed by atoms with van der Waals surface area (Å²) < 4.78 is 32.7. The molecule has 206 valence electrons. The van der Waals surface area contributed by atoms with Crippen LogP contribution in [-0.4, -0.2) is 52.0 Å². The summed E-state index contributed by atoms with van der Waals surface area (Å²) in [5, 5.41) is 9.86. The maximum absolute atomic E-state index is 14.2. The van der Waals surface area contributed by atoms with Crippen LogP contribution in [0.25, 0.3) is 11.3 Å². The number of halogens is 2. The van der Waals surface area contributed by atoms with Crippen molar-refractivity contribution in [2.24, 2.45) is 5.92 Å². The van der Waals surface area contributed by atoms with Crippen molar-refractivity contribution in [1.29, 1.82) is 0 Å². The van der Waals surface area contributed by atoms with Crippen molar-refractivity contribution >= 4 is 11.8 Å². The molecule has 8 nitrogen and oxygen atoms in total. The van der Waals surface area contributed by atoms with Gasteiger partial charge in [0, 0.05) is 43.5 Å². The van der Waals surface area contributed by atoms with E-state index in [0.29, 0.717) is 19.0 Å². The third-order valence-corrected chi connectivity index (χ3v) is 7.82. The van der Waals surface area contributed by atoms with Gasteiger partial charge in [0.25, 0.3) is 5.91 Å². The second-order valence-corrected chi connectivity index (χ2v) is 10.4. The molecule has 0 radical (unpaired) electrons. The van der Waals surface area contributed by atoms with Crippen molar-refractivity contribution in [2.75, 3.05) is 13.1 Å². The first-order valence-electron chi connectivity index (χ1n) is 13.6. The van der Waals surface area contributed by atoms with E-state index < -0.39 is 29.5 Å². The number of benzene rings is 1. The van der Waals surface area contributed by atoms with E-state index in [2.05, 4.69) is 25.7 Å². The largest absolute Gasteiger partial charge is 0.355 e. The van der Waals surface area contributed by atoms with Gasteiger partial charge in [-0.3, -0.25) is 19.5 Å². The molecule has 0 spiro atoms. The van der Waals surface area contributed by atoms with Gasteiger partial charge in [0.05, 0.1) is 23.2 Å². The van der Waals surface area contributed by atoms with Crippen LogP contribution in [0.5, 0.6) is 0 Å². The van der Waals surface area contributed by atoms with Gasteiger partial charge in [-0.15, -0.1) is 0 Å². The van der Waals surface area contributed by atoms with Crippen molar-refractivity contribution in [3.63, 3.8) is 0 Å². The predicted octanol–water partition coefficient (Wildman–Crippen LogP) is 4.65. The molecule has 0 bridgehead atoms. The summed E-state index contributed by atoms with van der Waals surface area (Å²) in [6, 6.07) is 9.71. The van der Waals surface area contributed by atoms with Crippen molar-refractivity contribution < 1.29 is 22.9 Å². The Morgan fingerprint density at radius 3 is 2.64 bits per heavy atom. The molecule has 5 rings (SSSR count). The molecule has 2 N–H and O–H groups in total. The molecule has 2 fully saturated rings. The Morgan fingerprint density at radius 2 is 1.90 bits per heavy atom. The van der Waals surface area contributed by atoms with Crippen molar-refractivity contribution in [2.45, 2.75) is 63.6 Å². The zero-order valence-electron chi connectivity index (χ0n) is 21.9. The lowest BCUT2D eigenvalue weighted by molar-refractivity contribution is -0.128. The van der Waals surface area contributed by atoms with Crippen LogP contribution in [-0.2, 0) is 4.79 Å². The molecule has 39 heavy (non-hydrogen) atoms. The highest BCUT2D eigenvalue weighted by Gasteiger charge is 2.38. The van der Waals surface area contributed by atoms with Crippen molar-refractivity contribution in [1.82, 2.24) is 25.7 Å². The second kappa shape index (κ2) is 12.0. The van der Waals surface area contributed by atoms with E-state index >= 15 is 0 Å². The third kappa shape index (κ3) is 6.33. The van der Waals surface area contributed by atoms with Crippen LogP contribution in [0.4, 0.5) is 8.78 Å². The van der Waals surface area contributed by atoms with E-state index in [1.165, 1.54) is 31.4 Å². The minimum Gasteiger partial charge on any atom is -0.355 e. The normalized spacial score (nSPS) is 21.3. The number of rotatable bonds is 7. The van der Waals surface area contributed by atoms with E-state index in [1.807, 2.05) is 25.1 Å². The molecule has 1 aliphatic carbocycles. The quantitative estimate of drug-likeness (QED) is 0.455. The molecular weight excluding hydrogens is 504 g/mol. The Kier molecular flexibility index (Phi) is 8.30. The summed E-state index contributed by atoms with van der Waals surface area (Å²) in [6.07, 6.45) is 8.17. The zero-order valence-corrected chi connectivity index (χ0v) is 21.9. The van der Waals surface area contributed by atoms with Crippen LogP contribution in [0.3, 0.4) is 0 Å². The number of pyridine rings is 1. The van der Waals surface area contributed by atoms with E-state index in [0.717, 1.165) is 37.2 Å². The van der Waals surface area contributed by atoms with Crippen LogP contribution >= 0.6 is 0 Å². The lowest BCUT2D eigenvalue weighted by Gasteiger charge is -2.43. The summed E-state index contributed by atoms with van der Waals surface area (Å²) in [5.74, 6) is -2.64. The smallest absolute Gasteiger partial charge is 0.273 e. The fraction of sp³-hybridized carbons (Fsp3) is 0.448. The average molecular weight is 538 g/mol. The summed E-state index contributed by atoms with van der Waals surface area (Å²) in [7, 11) is 0. The molecule has 1 aromatic carbocycles. The maximum Gasteiger partial charge on any atom is 0.273 e. The van der Waals surface area contributed by atoms with E-state index in [1.54, 1.807) is 6.20 Å². The number of carbonyl (C=O) groups is 2. The number of likely N-dealkylation sites (tertiary alicyclic amines) is 1. The first-order valence-corrected chi connectivity index (χ1v) is 13.6. The summed E-state index contributed by atoms with van der Waals surface area (Å²) in [4.78, 5) is 33.5. The Bertz CT molecular complexity index is 1300. The van der Waals surface area contributed by atoms with Gasteiger partial charge in [0.1, 0.15) is 11.6 Å². The number of amides is 2. The number of hydrogen-bond acceptors (Lipinski definition) is 6. The van der Waals surface area contributed by atoms with Crippen LogP contribution in [0, 0.1) is 17.6 Å². The fourth-order valence-electron chi connectivity index (χ4n) is 5.66. The first-order chi connectivity index (χ1) is 18.9. The van der Waals surface area contributed by atoms with Gasteiger partial charge in [-0.25, -0.2) is 8.78 Å². The molecule has 3 heterocycles. The lowest BCUT2D eigenvalue weighted by Crippen LogP contribution is -2.58. The van der Waals surface area contributed by atoms with Crippen LogP contribution < -0.4 is 10.6 Å². The second-order valence-electron chi connectivity index (χ2n) is 10.4. The van der Waals surface area contributed by atoms with Crippen molar-refractivity contribution in [3.05, 3.63) is 71.7 Å². The van der Waals surface area contributed by atoms with Crippen LogP contribution in [0.1, 0.15) is 67.7 Å². The van der Waals surface area contributed by atoms with Crippen LogP contribution in [0.15, 0.2) is 53.2 Å². The maximum atomic E-state index is 14.2. The molecule has 3 aromatic rings. The zero-order chi connectivity index (χ0) is 27.4. The lowest BCUT2D eigenvalue weighted by atomic mass is 9.86. The summed E-state index contributed by atoms with van der Waals surface area (Å²) in [5.41, 5.74) is 0.725. The SMILES string of the molecule is C[C@H](NC(=O)[C@@H]1CN(C2CCCCC2)CC[C@@H]1NC(=O)c1cc(-c2ccc(F)cc2F)on1)c1ccccn1. The van der Waals surface area contributed by atoms with Crippen molar-refractivity contribution in [3.8, 4) is 11.3 Å². The minimum absolute atomic E-state index is 0.00417. The number of nitrogens with zero attached hydrogens (tertiary/aromatic N) is 3. The molecule has 1 aliphatic heterocycles. The van der Waals surface area contributed by atoms with Crippen LogP contribution in [0.2, 0.25) is 0 Å². The summed E-state index contributed by atoms with van der Waals surface area (Å²) in [6.45, 7) is 3.21. The molecular formula is C29H33F2N5O3. The van der Waals surface area contributed by atoms with E-state index in [9.17, 15) is 18.4 Å². The Morgan fingerprint density at radius 1 is 1.08 bits per heavy atom. The molecule has 2 aliphatic rings. The van der Waals surface area contributed by atoms with E-state index in [4.69, 9.17) is 4.52 Å². The topological polar surface area (TPSA) is 100 Å². The summed E-state index contributed by atoms with van der Waals surface area (Å²) >= 11 is 0. The fourth-order valence-corrected chi connectivity index (χ4v) is 5.66. The van der Waals surface area contributed by atoms with Gasteiger partial charge in [0.2, 0.25) is 5.91 Å². The number of aromatic nitrogens is 2. The number of hydrogen-bond donors (Lipinski definition) is 2. The molecule has 2 aromatic heterocycles.